The molecule has 2 aromatic rings. The highest BCUT2D eigenvalue weighted by Crippen LogP contribution is 2.22. The van der Waals surface area contributed by atoms with E-state index in [1.807, 2.05) is 6.92 Å². The predicted octanol–water partition coefficient (Wildman–Crippen LogP) is 2.29. The fraction of sp³-hybridized carbons (Fsp3) is 0.385. The van der Waals surface area contributed by atoms with Crippen LogP contribution in [-0.2, 0) is 10.0 Å². The van der Waals surface area contributed by atoms with Crippen molar-refractivity contribution >= 4 is 32.4 Å². The van der Waals surface area contributed by atoms with Gasteiger partial charge in [0.25, 0.3) is 5.91 Å². The quantitative estimate of drug-likeness (QED) is 0.867. The summed E-state index contributed by atoms with van der Waals surface area (Å²) < 4.78 is 32.0. The molecule has 2 N–H and O–H groups in total. The number of rotatable bonds is 5. The Morgan fingerprint density at radius 3 is 2.59 bits per heavy atom. The first-order chi connectivity index (χ1) is 10.2. The Balaban J connectivity index is 2.24. The number of nitrogens with one attached hydrogen (secondary N) is 2. The zero-order valence-electron chi connectivity index (χ0n) is 12.6. The maximum atomic E-state index is 12.1. The summed E-state index contributed by atoms with van der Waals surface area (Å²) in [7, 11) is -3.71. The third-order valence-electron chi connectivity index (χ3n) is 2.62. The SMILES string of the molecule is Cc1csc(NC(=O)c2cc(S(=O)(=O)NC(C)C)c(C)o2)n1. The number of hydrogen-bond acceptors (Lipinski definition) is 6. The Morgan fingerprint density at radius 2 is 2.05 bits per heavy atom. The number of furan rings is 1. The molecule has 22 heavy (non-hydrogen) atoms. The Labute approximate surface area is 132 Å². The van der Waals surface area contributed by atoms with Gasteiger partial charge in [-0.3, -0.25) is 10.1 Å². The maximum Gasteiger partial charge on any atom is 0.293 e. The summed E-state index contributed by atoms with van der Waals surface area (Å²) in [6, 6.07) is 0.963. The van der Waals surface area contributed by atoms with Crippen molar-refractivity contribution < 1.29 is 17.6 Å². The van der Waals surface area contributed by atoms with Crippen LogP contribution in [0.1, 0.15) is 35.9 Å². The van der Waals surface area contributed by atoms with E-state index in [1.165, 1.54) is 24.3 Å². The summed E-state index contributed by atoms with van der Waals surface area (Å²) in [4.78, 5) is 16.2. The van der Waals surface area contributed by atoms with Crippen LogP contribution in [0.2, 0.25) is 0 Å². The summed E-state index contributed by atoms with van der Waals surface area (Å²) in [6.07, 6.45) is 0. The first kappa shape index (κ1) is 16.7. The number of carbonyl (C=O) groups excluding carboxylic acids is 1. The molecular formula is C13H17N3O4S2. The lowest BCUT2D eigenvalue weighted by molar-refractivity contribution is 0.0995. The van der Waals surface area contributed by atoms with Gasteiger partial charge < -0.3 is 4.42 Å². The number of hydrogen-bond donors (Lipinski definition) is 2. The number of sulfonamides is 1. The number of carbonyl (C=O) groups is 1. The van der Waals surface area contributed by atoms with Crippen LogP contribution in [0, 0.1) is 13.8 Å². The van der Waals surface area contributed by atoms with Crippen LogP contribution in [0.3, 0.4) is 0 Å². The molecular weight excluding hydrogens is 326 g/mol. The minimum Gasteiger partial charge on any atom is -0.455 e. The van der Waals surface area contributed by atoms with Gasteiger partial charge in [-0.15, -0.1) is 11.3 Å². The van der Waals surface area contributed by atoms with Crippen molar-refractivity contribution in [2.45, 2.75) is 38.6 Å². The monoisotopic (exact) mass is 343 g/mol. The molecule has 2 heterocycles. The number of aromatic nitrogens is 1. The molecule has 0 atom stereocenters. The van der Waals surface area contributed by atoms with Gasteiger partial charge in [0.05, 0.1) is 5.69 Å². The molecule has 1 amide bonds. The Hall–Kier alpha value is -1.71. The first-order valence-electron chi connectivity index (χ1n) is 6.55. The second-order valence-electron chi connectivity index (χ2n) is 5.06. The second-order valence-corrected chi connectivity index (χ2v) is 7.60. The normalized spacial score (nSPS) is 11.9. The summed E-state index contributed by atoms with van der Waals surface area (Å²) in [5.74, 6) is -0.452. The molecule has 0 radical (unpaired) electrons. The van der Waals surface area contributed by atoms with Gasteiger partial charge in [0, 0.05) is 17.5 Å². The minimum absolute atomic E-state index is 0.0401. The molecule has 120 valence electrons. The van der Waals surface area contributed by atoms with E-state index in [9.17, 15) is 13.2 Å². The average molecular weight is 343 g/mol. The van der Waals surface area contributed by atoms with Crippen LogP contribution >= 0.6 is 11.3 Å². The number of nitrogens with zero attached hydrogens (tertiary/aromatic N) is 1. The molecule has 0 fully saturated rings. The summed E-state index contributed by atoms with van der Waals surface area (Å²) >= 11 is 1.28. The van der Waals surface area contributed by atoms with Crippen molar-refractivity contribution in [3.05, 3.63) is 28.7 Å². The van der Waals surface area contributed by atoms with Gasteiger partial charge in [-0.25, -0.2) is 18.1 Å². The van der Waals surface area contributed by atoms with Crippen LogP contribution in [0.25, 0.3) is 0 Å². The van der Waals surface area contributed by atoms with Gasteiger partial charge in [-0.05, 0) is 27.7 Å². The highest BCUT2D eigenvalue weighted by Gasteiger charge is 2.24. The maximum absolute atomic E-state index is 12.1. The fourth-order valence-electron chi connectivity index (χ4n) is 1.79. The lowest BCUT2D eigenvalue weighted by Crippen LogP contribution is -2.30. The van der Waals surface area contributed by atoms with Gasteiger partial charge in [0.15, 0.2) is 10.9 Å². The highest BCUT2D eigenvalue weighted by molar-refractivity contribution is 7.89. The minimum atomic E-state index is -3.71. The van der Waals surface area contributed by atoms with Crippen molar-refractivity contribution in [3.63, 3.8) is 0 Å². The molecule has 9 heteroatoms. The van der Waals surface area contributed by atoms with E-state index in [0.29, 0.717) is 5.13 Å². The van der Waals surface area contributed by atoms with Crippen molar-refractivity contribution in [2.24, 2.45) is 0 Å². The zero-order valence-corrected chi connectivity index (χ0v) is 14.3. The first-order valence-corrected chi connectivity index (χ1v) is 8.91. The van der Waals surface area contributed by atoms with E-state index >= 15 is 0 Å². The summed E-state index contributed by atoms with van der Waals surface area (Å²) in [5, 5.41) is 4.80. The molecule has 0 bridgehead atoms. The van der Waals surface area contributed by atoms with E-state index < -0.39 is 15.9 Å². The third-order valence-corrected chi connectivity index (χ3v) is 5.26. The van der Waals surface area contributed by atoms with Gasteiger partial charge in [-0.1, -0.05) is 0 Å². The van der Waals surface area contributed by atoms with E-state index in [-0.39, 0.29) is 22.5 Å². The van der Waals surface area contributed by atoms with Gasteiger partial charge >= 0.3 is 0 Å². The van der Waals surface area contributed by atoms with Crippen LogP contribution in [-0.4, -0.2) is 25.4 Å². The molecule has 0 aliphatic carbocycles. The van der Waals surface area contributed by atoms with E-state index in [4.69, 9.17) is 4.42 Å². The molecule has 0 aliphatic rings. The molecule has 0 spiro atoms. The topological polar surface area (TPSA) is 101 Å². The summed E-state index contributed by atoms with van der Waals surface area (Å²) in [5.41, 5.74) is 0.792. The number of thiazole rings is 1. The largest absolute Gasteiger partial charge is 0.455 e. The van der Waals surface area contributed by atoms with Crippen molar-refractivity contribution in [3.8, 4) is 0 Å². The zero-order chi connectivity index (χ0) is 16.5. The molecule has 2 aromatic heterocycles. The van der Waals surface area contributed by atoms with Gasteiger partial charge in [0.1, 0.15) is 10.7 Å². The number of anilines is 1. The smallest absolute Gasteiger partial charge is 0.293 e. The highest BCUT2D eigenvalue weighted by atomic mass is 32.2. The van der Waals surface area contributed by atoms with Crippen molar-refractivity contribution in [2.75, 3.05) is 5.32 Å². The molecule has 7 nitrogen and oxygen atoms in total. The fourth-order valence-corrected chi connectivity index (χ4v) is 3.90. The number of aryl methyl sites for hydroxylation is 2. The van der Waals surface area contributed by atoms with Crippen molar-refractivity contribution in [1.29, 1.82) is 0 Å². The van der Waals surface area contributed by atoms with Gasteiger partial charge in [-0.2, -0.15) is 0 Å². The van der Waals surface area contributed by atoms with Crippen molar-refractivity contribution in [1.82, 2.24) is 9.71 Å². The molecule has 0 unspecified atom stereocenters. The summed E-state index contributed by atoms with van der Waals surface area (Å²) in [6.45, 7) is 6.74. The molecule has 0 aromatic carbocycles. The Morgan fingerprint density at radius 1 is 1.36 bits per heavy atom. The van der Waals surface area contributed by atoms with E-state index in [2.05, 4.69) is 15.0 Å². The van der Waals surface area contributed by atoms with Crippen LogP contribution in [0.5, 0.6) is 0 Å². The Bertz CT molecular complexity index is 790. The van der Waals surface area contributed by atoms with E-state index in [0.717, 1.165) is 5.69 Å². The van der Waals surface area contributed by atoms with Crippen LogP contribution in [0.15, 0.2) is 20.8 Å². The van der Waals surface area contributed by atoms with Crippen LogP contribution in [0.4, 0.5) is 5.13 Å². The predicted molar refractivity (Wildman–Crippen MR) is 83.7 cm³/mol. The van der Waals surface area contributed by atoms with E-state index in [1.54, 1.807) is 19.2 Å². The third kappa shape index (κ3) is 3.73. The number of amides is 1. The lowest BCUT2D eigenvalue weighted by atomic mass is 10.4. The average Bonchev–Trinajstić information content (AvgIpc) is 2.94. The Kier molecular flexibility index (Phi) is 4.69. The second kappa shape index (κ2) is 6.19. The molecule has 0 saturated carbocycles. The lowest BCUT2D eigenvalue weighted by Gasteiger charge is -2.07. The molecule has 2 rings (SSSR count). The molecule has 0 aliphatic heterocycles. The molecule has 0 saturated heterocycles. The van der Waals surface area contributed by atoms with Crippen LogP contribution < -0.4 is 10.0 Å². The van der Waals surface area contributed by atoms with Gasteiger partial charge in [0.2, 0.25) is 10.0 Å². The standard InChI is InChI=1S/C13H17N3O4S2/c1-7(2)16-22(18,19)11-5-10(20-9(11)4)12(17)15-13-14-8(3)6-21-13/h5-7,16H,1-4H3,(H,14,15,17).